The van der Waals surface area contributed by atoms with E-state index in [9.17, 15) is 4.79 Å². The largest absolute Gasteiger partial charge is 0.453 e. The number of ether oxygens (including phenoxy) is 1. The second-order valence-electron chi connectivity index (χ2n) is 3.80. The number of nitrogens with two attached hydrogens (primary N) is 1. The van der Waals surface area contributed by atoms with Crippen LogP contribution >= 0.6 is 0 Å². The highest BCUT2D eigenvalue weighted by molar-refractivity contribution is 5.95. The standard InChI is InChI=1S/C13H10N2O2/c14-13(16)8-5-6-12-10(7-8)15-9-3-1-2-4-11(9)17-12/h1-7,15H,(H2,14,16). The van der Waals surface area contributed by atoms with Crippen molar-refractivity contribution in [2.24, 2.45) is 5.73 Å². The van der Waals surface area contributed by atoms with Gasteiger partial charge in [0.25, 0.3) is 0 Å². The van der Waals surface area contributed by atoms with E-state index < -0.39 is 5.91 Å². The molecule has 0 bridgehead atoms. The molecule has 1 amide bonds. The van der Waals surface area contributed by atoms with Crippen LogP contribution in [0, 0.1) is 0 Å². The van der Waals surface area contributed by atoms with E-state index in [0.29, 0.717) is 11.3 Å². The van der Waals surface area contributed by atoms with Crippen LogP contribution < -0.4 is 15.8 Å². The Bertz CT molecular complexity index is 608. The number of hydrogen-bond acceptors (Lipinski definition) is 3. The maximum absolute atomic E-state index is 11.1. The Morgan fingerprint density at radius 1 is 1.06 bits per heavy atom. The number of para-hydroxylation sites is 2. The molecule has 0 saturated carbocycles. The second-order valence-corrected chi connectivity index (χ2v) is 3.80. The average molecular weight is 226 g/mol. The van der Waals surface area contributed by atoms with Crippen LogP contribution in [0.2, 0.25) is 0 Å². The first-order valence-electron chi connectivity index (χ1n) is 5.22. The predicted molar refractivity (Wildman–Crippen MR) is 64.8 cm³/mol. The van der Waals surface area contributed by atoms with Crippen LogP contribution in [0.25, 0.3) is 0 Å². The van der Waals surface area contributed by atoms with Crippen molar-refractivity contribution in [1.82, 2.24) is 0 Å². The summed E-state index contributed by atoms with van der Waals surface area (Å²) >= 11 is 0. The topological polar surface area (TPSA) is 64.4 Å². The van der Waals surface area contributed by atoms with E-state index in [2.05, 4.69) is 5.32 Å². The Kier molecular flexibility index (Phi) is 2.01. The molecule has 0 radical (unpaired) electrons. The number of nitrogens with one attached hydrogen (secondary N) is 1. The Morgan fingerprint density at radius 2 is 1.82 bits per heavy atom. The Labute approximate surface area is 98.0 Å². The smallest absolute Gasteiger partial charge is 0.248 e. The van der Waals surface area contributed by atoms with E-state index in [-0.39, 0.29) is 0 Å². The van der Waals surface area contributed by atoms with Crippen LogP contribution in [-0.2, 0) is 0 Å². The zero-order valence-electron chi connectivity index (χ0n) is 8.94. The molecular weight excluding hydrogens is 216 g/mol. The van der Waals surface area contributed by atoms with Gasteiger partial charge in [0.05, 0.1) is 11.4 Å². The minimum Gasteiger partial charge on any atom is -0.453 e. The molecule has 0 saturated heterocycles. The third-order valence-corrected chi connectivity index (χ3v) is 2.64. The molecule has 17 heavy (non-hydrogen) atoms. The van der Waals surface area contributed by atoms with E-state index in [4.69, 9.17) is 10.5 Å². The van der Waals surface area contributed by atoms with Gasteiger partial charge in [-0.3, -0.25) is 4.79 Å². The SMILES string of the molecule is NC(=O)c1ccc2c(c1)Nc1ccccc1O2. The number of hydrogen-bond donors (Lipinski definition) is 2. The molecule has 1 heterocycles. The Balaban J connectivity index is 2.06. The third kappa shape index (κ3) is 1.59. The number of benzene rings is 2. The van der Waals surface area contributed by atoms with Gasteiger partial charge in [0, 0.05) is 5.56 Å². The summed E-state index contributed by atoms with van der Waals surface area (Å²) in [5.41, 5.74) is 7.32. The molecule has 2 aromatic carbocycles. The molecule has 1 aliphatic heterocycles. The first kappa shape index (κ1) is 9.72. The van der Waals surface area contributed by atoms with Gasteiger partial charge >= 0.3 is 0 Å². The fourth-order valence-corrected chi connectivity index (χ4v) is 1.79. The summed E-state index contributed by atoms with van der Waals surface area (Å²) in [4.78, 5) is 11.1. The molecule has 0 fully saturated rings. The molecule has 2 aromatic rings. The molecule has 3 rings (SSSR count). The minimum atomic E-state index is -0.451. The van der Waals surface area contributed by atoms with Crippen molar-refractivity contribution < 1.29 is 9.53 Å². The summed E-state index contributed by atoms with van der Waals surface area (Å²) in [6.45, 7) is 0. The van der Waals surface area contributed by atoms with Crippen molar-refractivity contribution in [1.29, 1.82) is 0 Å². The van der Waals surface area contributed by atoms with Gasteiger partial charge in [-0.15, -0.1) is 0 Å². The molecule has 4 nitrogen and oxygen atoms in total. The number of carbonyl (C=O) groups is 1. The maximum atomic E-state index is 11.1. The lowest BCUT2D eigenvalue weighted by molar-refractivity contribution is 0.100. The minimum absolute atomic E-state index is 0.451. The highest BCUT2D eigenvalue weighted by Crippen LogP contribution is 2.41. The van der Waals surface area contributed by atoms with Gasteiger partial charge in [-0.2, -0.15) is 0 Å². The summed E-state index contributed by atoms with van der Waals surface area (Å²) in [5.74, 6) is 1.01. The van der Waals surface area contributed by atoms with Crippen molar-refractivity contribution in [3.8, 4) is 11.5 Å². The van der Waals surface area contributed by atoms with Gasteiger partial charge < -0.3 is 15.8 Å². The Morgan fingerprint density at radius 3 is 2.65 bits per heavy atom. The van der Waals surface area contributed by atoms with Crippen molar-refractivity contribution in [3.63, 3.8) is 0 Å². The number of primary amides is 1. The van der Waals surface area contributed by atoms with Gasteiger partial charge in [-0.05, 0) is 30.3 Å². The van der Waals surface area contributed by atoms with Crippen LogP contribution in [0.3, 0.4) is 0 Å². The quantitative estimate of drug-likeness (QED) is 0.670. The molecular formula is C13H10N2O2. The van der Waals surface area contributed by atoms with Crippen molar-refractivity contribution in [2.45, 2.75) is 0 Å². The molecule has 0 aromatic heterocycles. The monoisotopic (exact) mass is 226 g/mol. The normalized spacial score (nSPS) is 11.8. The molecule has 0 aliphatic carbocycles. The lowest BCUT2D eigenvalue weighted by Crippen LogP contribution is -2.12. The predicted octanol–water partition coefficient (Wildman–Crippen LogP) is 2.63. The lowest BCUT2D eigenvalue weighted by Gasteiger charge is -2.21. The number of rotatable bonds is 1. The van der Waals surface area contributed by atoms with Crippen LogP contribution in [0.1, 0.15) is 10.4 Å². The number of fused-ring (bicyclic) bond motifs is 2. The highest BCUT2D eigenvalue weighted by Gasteiger charge is 2.16. The summed E-state index contributed by atoms with van der Waals surface area (Å²) < 4.78 is 5.70. The zero-order valence-corrected chi connectivity index (χ0v) is 8.94. The lowest BCUT2D eigenvalue weighted by atomic mass is 10.1. The first-order valence-corrected chi connectivity index (χ1v) is 5.22. The van der Waals surface area contributed by atoms with Crippen molar-refractivity contribution in [2.75, 3.05) is 5.32 Å². The van der Waals surface area contributed by atoms with Crippen molar-refractivity contribution >= 4 is 17.3 Å². The van der Waals surface area contributed by atoms with E-state index in [1.807, 2.05) is 24.3 Å². The fourth-order valence-electron chi connectivity index (χ4n) is 1.79. The molecule has 84 valence electrons. The van der Waals surface area contributed by atoms with Crippen LogP contribution in [0.4, 0.5) is 11.4 Å². The van der Waals surface area contributed by atoms with Crippen LogP contribution in [-0.4, -0.2) is 5.91 Å². The number of amides is 1. The van der Waals surface area contributed by atoms with Crippen LogP contribution in [0.15, 0.2) is 42.5 Å². The summed E-state index contributed by atoms with van der Waals surface area (Å²) in [5, 5.41) is 3.20. The maximum Gasteiger partial charge on any atom is 0.248 e. The molecule has 1 aliphatic rings. The van der Waals surface area contributed by atoms with Gasteiger partial charge in [0.1, 0.15) is 0 Å². The summed E-state index contributed by atoms with van der Waals surface area (Å²) in [6.07, 6.45) is 0. The first-order chi connectivity index (χ1) is 8.24. The van der Waals surface area contributed by atoms with E-state index in [0.717, 1.165) is 17.1 Å². The summed E-state index contributed by atoms with van der Waals surface area (Å²) in [7, 11) is 0. The van der Waals surface area contributed by atoms with Gasteiger partial charge in [-0.1, -0.05) is 12.1 Å². The van der Waals surface area contributed by atoms with Gasteiger partial charge in [0.2, 0.25) is 5.91 Å². The number of carbonyl (C=O) groups excluding carboxylic acids is 1. The average Bonchev–Trinajstić information content (AvgIpc) is 2.35. The van der Waals surface area contributed by atoms with E-state index >= 15 is 0 Å². The highest BCUT2D eigenvalue weighted by atomic mass is 16.5. The fraction of sp³-hybridized carbons (Fsp3) is 0. The van der Waals surface area contributed by atoms with Crippen LogP contribution in [0.5, 0.6) is 11.5 Å². The number of anilines is 2. The van der Waals surface area contributed by atoms with Crippen molar-refractivity contribution in [3.05, 3.63) is 48.0 Å². The molecule has 0 unspecified atom stereocenters. The second kappa shape index (κ2) is 3.52. The van der Waals surface area contributed by atoms with Gasteiger partial charge in [-0.25, -0.2) is 0 Å². The zero-order chi connectivity index (χ0) is 11.8. The summed E-state index contributed by atoms with van der Waals surface area (Å²) in [6, 6.07) is 12.7. The molecule has 3 N–H and O–H groups in total. The molecule has 0 atom stereocenters. The van der Waals surface area contributed by atoms with E-state index in [1.165, 1.54) is 0 Å². The van der Waals surface area contributed by atoms with Gasteiger partial charge in [0.15, 0.2) is 11.5 Å². The third-order valence-electron chi connectivity index (χ3n) is 2.64. The van der Waals surface area contributed by atoms with E-state index in [1.54, 1.807) is 18.2 Å². The molecule has 4 heteroatoms. The Hall–Kier alpha value is -2.49. The molecule has 0 spiro atoms.